The maximum Gasteiger partial charge on any atom is 0.200 e. The number of aliphatic hydroxyl groups is 1. The van der Waals surface area contributed by atoms with E-state index in [9.17, 15) is 5.11 Å². The Bertz CT molecular complexity index is 620. The van der Waals surface area contributed by atoms with Gasteiger partial charge in [0.2, 0.25) is 0 Å². The number of rotatable bonds is 2. The third-order valence-corrected chi connectivity index (χ3v) is 3.42. The maximum atomic E-state index is 9.21. The van der Waals surface area contributed by atoms with Crippen molar-refractivity contribution in [3.63, 3.8) is 0 Å². The molecule has 0 radical (unpaired) electrons. The number of hydrogen-bond acceptors (Lipinski definition) is 3. The lowest BCUT2D eigenvalue weighted by atomic mass is 10.2. The van der Waals surface area contributed by atoms with Gasteiger partial charge in [-0.05, 0) is 30.8 Å². The van der Waals surface area contributed by atoms with E-state index in [4.69, 9.17) is 35.4 Å². The number of nitrogens with one attached hydrogen (secondary N) is 1. The molecule has 0 aliphatic rings. The summed E-state index contributed by atoms with van der Waals surface area (Å²) < 4.78 is 1.87. The molecule has 1 aromatic carbocycles. The fraction of sp³-hybridized carbons (Fsp3) is 0.200. The average Bonchev–Trinajstić information content (AvgIpc) is 2.67. The first kappa shape index (κ1) is 12.6. The number of aromatic amines is 1. The van der Waals surface area contributed by atoms with Crippen molar-refractivity contribution in [2.24, 2.45) is 0 Å². The van der Waals surface area contributed by atoms with E-state index in [0.717, 1.165) is 5.56 Å². The first-order chi connectivity index (χ1) is 8.06. The summed E-state index contributed by atoms with van der Waals surface area (Å²) in [6.07, 6.45) is 0. The zero-order chi connectivity index (χ0) is 12.6. The van der Waals surface area contributed by atoms with E-state index in [2.05, 4.69) is 10.2 Å². The third-order valence-electron chi connectivity index (χ3n) is 2.37. The molecule has 0 saturated heterocycles. The van der Waals surface area contributed by atoms with E-state index in [1.807, 2.05) is 13.0 Å². The zero-order valence-electron chi connectivity index (χ0n) is 8.87. The highest BCUT2D eigenvalue weighted by Gasteiger charge is 2.15. The van der Waals surface area contributed by atoms with Crippen LogP contribution in [0.5, 0.6) is 0 Å². The number of H-pyrrole nitrogens is 1. The lowest BCUT2D eigenvalue weighted by molar-refractivity contribution is 0.269. The molecule has 2 rings (SSSR count). The molecular weight excluding hydrogens is 281 g/mol. The molecule has 1 heterocycles. The molecule has 0 amide bonds. The van der Waals surface area contributed by atoms with Crippen LogP contribution in [0.4, 0.5) is 0 Å². The first-order valence-electron chi connectivity index (χ1n) is 4.78. The predicted molar refractivity (Wildman–Crippen MR) is 69.4 cm³/mol. The van der Waals surface area contributed by atoms with Crippen molar-refractivity contribution in [2.45, 2.75) is 13.5 Å². The van der Waals surface area contributed by atoms with Gasteiger partial charge in [0.25, 0.3) is 0 Å². The van der Waals surface area contributed by atoms with E-state index in [-0.39, 0.29) is 6.61 Å². The average molecular weight is 290 g/mol. The van der Waals surface area contributed by atoms with Gasteiger partial charge in [0, 0.05) is 0 Å². The van der Waals surface area contributed by atoms with Crippen LogP contribution in [0.15, 0.2) is 12.1 Å². The van der Waals surface area contributed by atoms with Crippen molar-refractivity contribution in [1.82, 2.24) is 14.8 Å². The first-order valence-corrected chi connectivity index (χ1v) is 5.94. The Morgan fingerprint density at radius 2 is 2.18 bits per heavy atom. The van der Waals surface area contributed by atoms with Crippen LogP contribution in [0, 0.1) is 11.7 Å². The smallest absolute Gasteiger partial charge is 0.200 e. The van der Waals surface area contributed by atoms with Gasteiger partial charge in [0.1, 0.15) is 6.61 Å². The highest BCUT2D eigenvalue weighted by molar-refractivity contribution is 7.71. The molecule has 4 nitrogen and oxygen atoms in total. The fourth-order valence-corrected chi connectivity index (χ4v) is 2.30. The van der Waals surface area contributed by atoms with Crippen LogP contribution in [-0.4, -0.2) is 19.9 Å². The molecule has 0 atom stereocenters. The van der Waals surface area contributed by atoms with Crippen molar-refractivity contribution in [1.29, 1.82) is 0 Å². The van der Waals surface area contributed by atoms with Crippen LogP contribution in [0.25, 0.3) is 5.69 Å². The quantitative estimate of drug-likeness (QED) is 0.836. The van der Waals surface area contributed by atoms with Gasteiger partial charge in [-0.1, -0.05) is 29.3 Å². The molecule has 2 aromatic rings. The van der Waals surface area contributed by atoms with Crippen LogP contribution < -0.4 is 0 Å². The van der Waals surface area contributed by atoms with Crippen molar-refractivity contribution < 1.29 is 5.11 Å². The van der Waals surface area contributed by atoms with Gasteiger partial charge in [-0.3, -0.25) is 9.67 Å². The molecule has 90 valence electrons. The minimum Gasteiger partial charge on any atom is -0.388 e. The van der Waals surface area contributed by atoms with E-state index >= 15 is 0 Å². The third kappa shape index (κ3) is 2.11. The molecule has 0 aliphatic carbocycles. The Hall–Kier alpha value is -0.880. The summed E-state index contributed by atoms with van der Waals surface area (Å²) in [5.41, 5.74) is 1.41. The molecule has 0 bridgehead atoms. The molecular formula is C10H9Cl2N3OS. The summed E-state index contributed by atoms with van der Waals surface area (Å²) in [4.78, 5) is 0. The second-order valence-electron chi connectivity index (χ2n) is 3.47. The standard InChI is InChI=1S/C10H9Cl2N3OS/c1-5-2-3-6(11)9(8(5)12)15-7(4-16)13-14-10(15)17/h2-3,16H,4H2,1H3,(H,14,17). The lowest BCUT2D eigenvalue weighted by Gasteiger charge is -2.11. The van der Waals surface area contributed by atoms with Crippen molar-refractivity contribution in [2.75, 3.05) is 0 Å². The van der Waals surface area contributed by atoms with Crippen LogP contribution in [-0.2, 0) is 6.61 Å². The zero-order valence-corrected chi connectivity index (χ0v) is 11.2. The number of aromatic nitrogens is 3. The van der Waals surface area contributed by atoms with Crippen molar-refractivity contribution >= 4 is 35.4 Å². The van der Waals surface area contributed by atoms with Crippen LogP contribution in [0.3, 0.4) is 0 Å². The summed E-state index contributed by atoms with van der Waals surface area (Å²) >= 11 is 17.4. The molecule has 0 unspecified atom stereocenters. The van der Waals surface area contributed by atoms with E-state index in [1.165, 1.54) is 4.57 Å². The number of halogens is 2. The van der Waals surface area contributed by atoms with Gasteiger partial charge < -0.3 is 5.11 Å². The normalized spacial score (nSPS) is 10.8. The molecule has 0 spiro atoms. The fourth-order valence-electron chi connectivity index (χ4n) is 1.51. The topological polar surface area (TPSA) is 53.8 Å². The van der Waals surface area contributed by atoms with E-state index in [1.54, 1.807) is 6.07 Å². The Morgan fingerprint density at radius 1 is 1.47 bits per heavy atom. The summed E-state index contributed by atoms with van der Waals surface area (Å²) in [5.74, 6) is 0.365. The molecule has 0 aliphatic heterocycles. The number of nitrogens with zero attached hydrogens (tertiary/aromatic N) is 2. The van der Waals surface area contributed by atoms with Crippen LogP contribution in [0.1, 0.15) is 11.4 Å². The predicted octanol–water partition coefficient (Wildman–Crippen LogP) is 3.04. The molecule has 1 aromatic heterocycles. The summed E-state index contributed by atoms with van der Waals surface area (Å²) in [6.45, 7) is 1.61. The SMILES string of the molecule is Cc1ccc(Cl)c(-n2c(CO)n[nH]c2=S)c1Cl. The van der Waals surface area contributed by atoms with Crippen molar-refractivity contribution in [3.05, 3.63) is 38.3 Å². The van der Waals surface area contributed by atoms with Crippen molar-refractivity contribution in [3.8, 4) is 5.69 Å². The Labute approximate surface area is 113 Å². The Balaban J connectivity index is 2.81. The number of aliphatic hydroxyl groups excluding tert-OH is 1. The van der Waals surface area contributed by atoms with Gasteiger partial charge >= 0.3 is 0 Å². The minimum absolute atomic E-state index is 0.256. The Morgan fingerprint density at radius 3 is 2.82 bits per heavy atom. The number of hydrogen-bond donors (Lipinski definition) is 2. The van der Waals surface area contributed by atoms with Gasteiger partial charge in [0.05, 0.1) is 15.7 Å². The van der Waals surface area contributed by atoms with Gasteiger partial charge in [0.15, 0.2) is 10.6 Å². The highest BCUT2D eigenvalue weighted by atomic mass is 35.5. The van der Waals surface area contributed by atoms with Crippen LogP contribution in [0.2, 0.25) is 10.0 Å². The molecule has 0 fully saturated rings. The second kappa shape index (κ2) is 4.78. The molecule has 0 saturated carbocycles. The van der Waals surface area contributed by atoms with Gasteiger partial charge in [-0.2, -0.15) is 5.10 Å². The second-order valence-corrected chi connectivity index (χ2v) is 4.64. The minimum atomic E-state index is -0.256. The molecule has 7 heteroatoms. The monoisotopic (exact) mass is 289 g/mol. The van der Waals surface area contributed by atoms with E-state index in [0.29, 0.717) is 26.3 Å². The lowest BCUT2D eigenvalue weighted by Crippen LogP contribution is -2.03. The highest BCUT2D eigenvalue weighted by Crippen LogP contribution is 2.32. The van der Waals surface area contributed by atoms with Gasteiger partial charge in [-0.15, -0.1) is 0 Å². The number of aryl methyl sites for hydroxylation is 1. The summed E-state index contributed by atoms with van der Waals surface area (Å²) in [7, 11) is 0. The Kier molecular flexibility index (Phi) is 3.53. The largest absolute Gasteiger partial charge is 0.388 e. The van der Waals surface area contributed by atoms with Crippen LogP contribution >= 0.6 is 35.4 Å². The number of benzene rings is 1. The van der Waals surface area contributed by atoms with E-state index < -0.39 is 0 Å². The maximum absolute atomic E-state index is 9.21. The van der Waals surface area contributed by atoms with Gasteiger partial charge in [-0.25, -0.2) is 0 Å². The summed E-state index contributed by atoms with van der Waals surface area (Å²) in [6, 6.07) is 3.55. The molecule has 17 heavy (non-hydrogen) atoms. The summed E-state index contributed by atoms with van der Waals surface area (Å²) in [5, 5.41) is 16.7. The molecule has 2 N–H and O–H groups in total.